The molecule has 0 aliphatic carbocycles. The van der Waals surface area contributed by atoms with Crippen molar-refractivity contribution >= 4 is 35.2 Å². The summed E-state index contributed by atoms with van der Waals surface area (Å²) < 4.78 is 51.1. The molecule has 0 amide bonds. The Labute approximate surface area is 293 Å². The summed E-state index contributed by atoms with van der Waals surface area (Å²) in [5.41, 5.74) is 6.37. The van der Waals surface area contributed by atoms with Crippen molar-refractivity contribution in [2.24, 2.45) is 5.41 Å². The number of para-hydroxylation sites is 1. The molecule has 0 aliphatic heterocycles. The molecule has 3 aromatic carbocycles. The van der Waals surface area contributed by atoms with Gasteiger partial charge in [-0.05, 0) is 46.4 Å². The third-order valence-electron chi connectivity index (χ3n) is 7.55. The number of benzene rings is 3. The number of fused-ring (bicyclic) bond motifs is 3. The van der Waals surface area contributed by atoms with Crippen LogP contribution in [0, 0.1) is 30.2 Å². The second-order valence-electron chi connectivity index (χ2n) is 14.0. The summed E-state index contributed by atoms with van der Waals surface area (Å²) in [5, 5.41) is 3.31. The molecule has 0 saturated carbocycles. The van der Waals surface area contributed by atoms with Gasteiger partial charge in [0.2, 0.25) is 0 Å². The first kappa shape index (κ1) is 29.9. The summed E-state index contributed by atoms with van der Waals surface area (Å²) in [7, 11) is -1.72. The molecule has 0 N–H and O–H groups in total. The van der Waals surface area contributed by atoms with Crippen LogP contribution in [0.5, 0.6) is 0 Å². The molecule has 1 radical (unpaired) electrons. The zero-order valence-corrected chi connectivity index (χ0v) is 31.1. The molecule has 0 saturated heterocycles. The number of furan rings is 1. The van der Waals surface area contributed by atoms with Gasteiger partial charge in [0.15, 0.2) is 0 Å². The number of aromatic nitrogens is 2. The number of pyridine rings is 2. The van der Waals surface area contributed by atoms with E-state index in [-0.39, 0.29) is 36.6 Å². The van der Waals surface area contributed by atoms with Crippen LogP contribution < -0.4 is 5.19 Å². The molecule has 0 spiro atoms. The zero-order chi connectivity index (χ0) is 35.9. The fourth-order valence-electron chi connectivity index (χ4n) is 5.48. The molecule has 3 heterocycles. The van der Waals surface area contributed by atoms with Crippen molar-refractivity contribution in [2.75, 3.05) is 0 Å². The van der Waals surface area contributed by atoms with Crippen LogP contribution in [0.2, 0.25) is 19.6 Å². The third-order valence-corrected chi connectivity index (χ3v) is 9.57. The Morgan fingerprint density at radius 2 is 1.70 bits per heavy atom. The van der Waals surface area contributed by atoms with Gasteiger partial charge in [-0.2, -0.15) is 0 Å². The molecule has 0 bridgehead atoms. The largest absolute Gasteiger partial charge is 0.501 e. The van der Waals surface area contributed by atoms with E-state index >= 15 is 0 Å². The van der Waals surface area contributed by atoms with E-state index in [1.165, 1.54) is 11.6 Å². The molecular weight excluding hydrogens is 764 g/mol. The Morgan fingerprint density at radius 3 is 2.37 bits per heavy atom. The smallest absolute Gasteiger partial charge is 0.120 e. The van der Waals surface area contributed by atoms with E-state index in [0.29, 0.717) is 5.69 Å². The average molecular weight is 811 g/mol. The molecule has 6 aromatic rings. The van der Waals surface area contributed by atoms with E-state index in [1.54, 1.807) is 26.1 Å². The minimum Gasteiger partial charge on any atom is -0.501 e. The minimum atomic E-state index is -2.38. The monoisotopic (exact) mass is 811 g/mol. The fourth-order valence-corrected chi connectivity index (χ4v) is 7.07. The van der Waals surface area contributed by atoms with Crippen molar-refractivity contribution in [1.82, 2.24) is 9.97 Å². The number of hydrogen-bond acceptors (Lipinski definition) is 3. The summed E-state index contributed by atoms with van der Waals surface area (Å²) >= 11 is 0. The maximum Gasteiger partial charge on any atom is 0.120 e. The van der Waals surface area contributed by atoms with Crippen LogP contribution in [0.15, 0.2) is 83.5 Å². The molecular formula is C40H43FIrN2OSi-2. The number of halogens is 1. The molecule has 3 aromatic heterocycles. The molecule has 241 valence electrons. The summed E-state index contributed by atoms with van der Waals surface area (Å²) in [5.74, 6) is -1.52. The zero-order valence-electron chi connectivity index (χ0n) is 31.7. The maximum absolute atomic E-state index is 14.5. The number of aryl methyl sites for hydroxylation is 1. The molecule has 6 rings (SSSR count). The number of rotatable bonds is 5. The summed E-state index contributed by atoms with van der Waals surface area (Å²) in [6.45, 7) is 14.5. The van der Waals surface area contributed by atoms with E-state index in [0.717, 1.165) is 56.4 Å². The molecule has 0 fully saturated rings. The van der Waals surface area contributed by atoms with Crippen LogP contribution in [-0.2, 0) is 26.5 Å². The Kier molecular flexibility index (Phi) is 9.19. The van der Waals surface area contributed by atoms with Gasteiger partial charge in [0.05, 0.1) is 13.7 Å². The van der Waals surface area contributed by atoms with Crippen molar-refractivity contribution in [1.29, 1.82) is 0 Å². The van der Waals surface area contributed by atoms with E-state index in [4.69, 9.17) is 9.90 Å². The van der Waals surface area contributed by atoms with Gasteiger partial charge in [-0.1, -0.05) is 119 Å². The SMILES string of the molecule is CC(C)(C)Cc1ccnc(-c2[c-]ccc3c2oc2ccccc23)c1.[2H]C([2H])([2H])c1c[c-]c(-c2cc(C([2H])(C)C)c([Si](C)(C)C)cn2)c(F)c1.[Ir]. The molecule has 46 heavy (non-hydrogen) atoms. The predicted octanol–water partition coefficient (Wildman–Crippen LogP) is 10.7. The Morgan fingerprint density at radius 1 is 0.957 bits per heavy atom. The summed E-state index contributed by atoms with van der Waals surface area (Å²) in [4.78, 5) is 8.95. The van der Waals surface area contributed by atoms with Gasteiger partial charge in [-0.15, -0.1) is 42.0 Å². The average Bonchev–Trinajstić information content (AvgIpc) is 3.38. The van der Waals surface area contributed by atoms with Gasteiger partial charge in [0.25, 0.3) is 0 Å². The predicted molar refractivity (Wildman–Crippen MR) is 189 cm³/mol. The quantitative estimate of drug-likeness (QED) is 0.129. The molecule has 3 nitrogen and oxygen atoms in total. The topological polar surface area (TPSA) is 38.9 Å². The Balaban J connectivity index is 0.000000220. The van der Waals surface area contributed by atoms with Crippen molar-refractivity contribution < 1.29 is 34.4 Å². The van der Waals surface area contributed by atoms with E-state index < -0.39 is 26.6 Å². The second kappa shape index (κ2) is 14.1. The fraction of sp³-hybridized carbons (Fsp3) is 0.300. The Bertz CT molecular complexity index is 2130. The first-order valence-corrected chi connectivity index (χ1v) is 18.7. The van der Waals surface area contributed by atoms with Gasteiger partial charge >= 0.3 is 0 Å². The van der Waals surface area contributed by atoms with Crippen molar-refractivity contribution in [3.8, 4) is 22.5 Å². The minimum absolute atomic E-state index is 0. The van der Waals surface area contributed by atoms with Crippen LogP contribution in [0.3, 0.4) is 0 Å². The van der Waals surface area contributed by atoms with Gasteiger partial charge < -0.3 is 14.4 Å². The van der Waals surface area contributed by atoms with Gasteiger partial charge in [0.1, 0.15) is 5.58 Å². The molecule has 6 heteroatoms. The second-order valence-corrected chi connectivity index (χ2v) is 19.0. The number of nitrogens with zero attached hydrogens (tertiary/aromatic N) is 2. The summed E-state index contributed by atoms with van der Waals surface area (Å²) in [6.07, 6.45) is 4.63. The summed E-state index contributed by atoms with van der Waals surface area (Å²) in [6, 6.07) is 26.5. The third kappa shape index (κ3) is 8.09. The van der Waals surface area contributed by atoms with E-state index in [2.05, 4.69) is 86.8 Å². The molecule has 0 aliphatic rings. The molecule has 0 unspecified atom stereocenters. The number of hydrogen-bond donors (Lipinski definition) is 0. The maximum atomic E-state index is 14.5. The van der Waals surface area contributed by atoms with Gasteiger partial charge in [-0.25, -0.2) is 0 Å². The molecule has 0 atom stereocenters. The Hall–Kier alpha value is -3.44. The standard InChI is InChI=1S/C22H20NO.C18H23FNSi.Ir/c1-22(2,3)14-15-11-12-23-19(13-15)18-9-6-8-17-16-7-4-5-10-20(16)24-21(17)18;1-12(2)15-10-17(20-11-18(15)21(4,5)6)14-8-7-13(3)9-16(14)19;/h4-8,10-13H,14H2,1-3H3;7,9-12H,1-6H3;/q2*-1;/i;3D3,12D;. The normalized spacial score (nSPS) is 13.6. The van der Waals surface area contributed by atoms with Gasteiger partial charge in [-0.3, -0.25) is 4.39 Å². The van der Waals surface area contributed by atoms with Crippen molar-refractivity contribution in [2.45, 2.75) is 73.4 Å². The van der Waals surface area contributed by atoms with E-state index in [1.807, 2.05) is 30.5 Å². The van der Waals surface area contributed by atoms with E-state index in [9.17, 15) is 4.39 Å². The van der Waals surface area contributed by atoms with Crippen LogP contribution in [-0.4, -0.2) is 18.0 Å². The van der Waals surface area contributed by atoms with Crippen molar-refractivity contribution in [3.05, 3.63) is 114 Å². The van der Waals surface area contributed by atoms with Crippen LogP contribution in [0.25, 0.3) is 44.5 Å². The van der Waals surface area contributed by atoms with Gasteiger partial charge in [0, 0.05) is 49.2 Å². The first-order valence-electron chi connectivity index (χ1n) is 17.2. The first-order chi connectivity index (χ1) is 22.7. The van der Waals surface area contributed by atoms with Crippen molar-refractivity contribution in [3.63, 3.8) is 0 Å². The van der Waals surface area contributed by atoms with Crippen LogP contribution in [0.4, 0.5) is 4.39 Å². The van der Waals surface area contributed by atoms with Crippen LogP contribution >= 0.6 is 0 Å². The van der Waals surface area contributed by atoms with Crippen LogP contribution in [0.1, 0.15) is 62.7 Å².